The second-order valence-electron chi connectivity index (χ2n) is 3.71. The fourth-order valence-electron chi connectivity index (χ4n) is 1.48. The van der Waals surface area contributed by atoms with Crippen molar-refractivity contribution in [3.05, 3.63) is 48.2 Å². The molecule has 1 heterocycles. The zero-order chi connectivity index (χ0) is 13.0. The molecule has 0 radical (unpaired) electrons. The van der Waals surface area contributed by atoms with Gasteiger partial charge in [-0.3, -0.25) is 0 Å². The van der Waals surface area contributed by atoms with Gasteiger partial charge < -0.3 is 15.8 Å². The second-order valence-corrected chi connectivity index (χ2v) is 3.71. The van der Waals surface area contributed by atoms with Gasteiger partial charge in [-0.05, 0) is 30.7 Å². The lowest BCUT2D eigenvalue weighted by Crippen LogP contribution is -2.19. The number of pyridine rings is 1. The number of benzene rings is 1. The molecule has 0 aliphatic heterocycles. The number of amides is 2. The summed E-state index contributed by atoms with van der Waals surface area (Å²) in [5.74, 6) is 0.995. The van der Waals surface area contributed by atoms with Crippen LogP contribution in [0.3, 0.4) is 0 Å². The number of rotatable bonds is 3. The molecule has 1 aromatic heterocycles. The Labute approximate surface area is 105 Å². The molecule has 5 heteroatoms. The van der Waals surface area contributed by atoms with Crippen LogP contribution in [0.4, 0.5) is 10.5 Å². The molecule has 1 aromatic carbocycles. The number of urea groups is 1. The van der Waals surface area contributed by atoms with E-state index in [4.69, 9.17) is 10.5 Å². The van der Waals surface area contributed by atoms with Gasteiger partial charge in [0.25, 0.3) is 0 Å². The predicted molar refractivity (Wildman–Crippen MR) is 68.7 cm³/mol. The Kier molecular flexibility index (Phi) is 3.43. The Morgan fingerprint density at radius 2 is 2.06 bits per heavy atom. The first kappa shape index (κ1) is 11.9. The van der Waals surface area contributed by atoms with E-state index in [0.717, 1.165) is 5.56 Å². The Bertz CT molecular complexity index is 570. The van der Waals surface area contributed by atoms with Crippen LogP contribution in [0.25, 0.3) is 0 Å². The Morgan fingerprint density at radius 1 is 1.28 bits per heavy atom. The number of anilines is 1. The number of hydrogen-bond acceptors (Lipinski definition) is 3. The third kappa shape index (κ3) is 2.76. The van der Waals surface area contributed by atoms with Gasteiger partial charge in [-0.25, -0.2) is 9.78 Å². The standard InChI is InChI=1S/C13H13N3O2/c1-9-5-2-3-7-11(9)18-12-10(16-13(14)17)6-4-8-15-12/h2-8H,1H3,(H3,14,16,17). The van der Waals surface area contributed by atoms with Gasteiger partial charge in [-0.15, -0.1) is 0 Å². The summed E-state index contributed by atoms with van der Waals surface area (Å²) >= 11 is 0. The van der Waals surface area contributed by atoms with E-state index in [1.54, 1.807) is 18.3 Å². The number of carbonyl (C=O) groups is 1. The molecular weight excluding hydrogens is 230 g/mol. The summed E-state index contributed by atoms with van der Waals surface area (Å²) in [5.41, 5.74) is 6.50. The number of ether oxygens (including phenoxy) is 1. The first-order valence-corrected chi connectivity index (χ1v) is 5.42. The SMILES string of the molecule is Cc1ccccc1Oc1ncccc1NC(N)=O. The molecule has 0 bridgehead atoms. The average Bonchev–Trinajstić information content (AvgIpc) is 2.34. The highest BCUT2D eigenvalue weighted by Crippen LogP contribution is 2.28. The molecule has 0 saturated heterocycles. The minimum atomic E-state index is -0.655. The van der Waals surface area contributed by atoms with Crippen molar-refractivity contribution in [2.75, 3.05) is 5.32 Å². The highest BCUT2D eigenvalue weighted by atomic mass is 16.5. The third-order valence-electron chi connectivity index (χ3n) is 2.33. The molecule has 2 amide bonds. The summed E-state index contributed by atoms with van der Waals surface area (Å²) in [5, 5.41) is 2.46. The molecule has 3 N–H and O–H groups in total. The number of hydrogen-bond donors (Lipinski definition) is 2. The molecule has 92 valence electrons. The Balaban J connectivity index is 2.29. The molecule has 0 atom stereocenters. The van der Waals surface area contributed by atoms with Gasteiger partial charge in [-0.2, -0.15) is 0 Å². The van der Waals surface area contributed by atoms with Crippen molar-refractivity contribution in [1.82, 2.24) is 4.98 Å². The smallest absolute Gasteiger partial charge is 0.316 e. The summed E-state index contributed by atoms with van der Waals surface area (Å²) in [6.45, 7) is 1.93. The van der Waals surface area contributed by atoms with E-state index < -0.39 is 6.03 Å². The van der Waals surface area contributed by atoms with E-state index >= 15 is 0 Å². The largest absolute Gasteiger partial charge is 0.437 e. The molecule has 0 saturated carbocycles. The zero-order valence-corrected chi connectivity index (χ0v) is 9.88. The van der Waals surface area contributed by atoms with Crippen LogP contribution in [-0.2, 0) is 0 Å². The van der Waals surface area contributed by atoms with E-state index in [-0.39, 0.29) is 0 Å². The lowest BCUT2D eigenvalue weighted by Gasteiger charge is -2.11. The van der Waals surface area contributed by atoms with Gasteiger partial charge in [0.05, 0.1) is 0 Å². The summed E-state index contributed by atoms with van der Waals surface area (Å²) in [4.78, 5) is 14.9. The van der Waals surface area contributed by atoms with Crippen LogP contribution in [0.1, 0.15) is 5.56 Å². The molecule has 0 spiro atoms. The molecule has 0 aliphatic carbocycles. The number of aryl methyl sites for hydroxylation is 1. The van der Waals surface area contributed by atoms with E-state index in [0.29, 0.717) is 17.3 Å². The van der Waals surface area contributed by atoms with Crippen molar-refractivity contribution < 1.29 is 9.53 Å². The number of nitrogens with zero attached hydrogens (tertiary/aromatic N) is 1. The normalized spacial score (nSPS) is 9.83. The van der Waals surface area contributed by atoms with E-state index in [2.05, 4.69) is 10.3 Å². The van der Waals surface area contributed by atoms with E-state index in [1.807, 2.05) is 31.2 Å². The van der Waals surface area contributed by atoms with Crippen LogP contribution in [-0.4, -0.2) is 11.0 Å². The van der Waals surface area contributed by atoms with E-state index in [1.165, 1.54) is 0 Å². The van der Waals surface area contributed by atoms with Gasteiger partial charge in [0.1, 0.15) is 11.4 Å². The molecule has 2 rings (SSSR count). The van der Waals surface area contributed by atoms with E-state index in [9.17, 15) is 4.79 Å². The van der Waals surface area contributed by atoms with Gasteiger partial charge in [0.2, 0.25) is 5.88 Å². The summed E-state index contributed by atoms with van der Waals surface area (Å²) < 4.78 is 5.66. The first-order valence-electron chi connectivity index (χ1n) is 5.42. The summed E-state index contributed by atoms with van der Waals surface area (Å²) in [7, 11) is 0. The monoisotopic (exact) mass is 243 g/mol. The lowest BCUT2D eigenvalue weighted by atomic mass is 10.2. The maximum atomic E-state index is 10.9. The molecule has 0 fully saturated rings. The van der Waals surface area contributed by atoms with Crippen LogP contribution in [0.5, 0.6) is 11.6 Å². The van der Waals surface area contributed by atoms with Gasteiger partial charge in [0, 0.05) is 6.20 Å². The van der Waals surface area contributed by atoms with Crippen molar-refractivity contribution in [2.45, 2.75) is 6.92 Å². The van der Waals surface area contributed by atoms with Crippen LogP contribution in [0.2, 0.25) is 0 Å². The molecule has 2 aromatic rings. The van der Waals surface area contributed by atoms with Crippen LogP contribution in [0.15, 0.2) is 42.6 Å². The Hall–Kier alpha value is -2.56. The number of nitrogens with one attached hydrogen (secondary N) is 1. The fraction of sp³-hybridized carbons (Fsp3) is 0.0769. The maximum Gasteiger partial charge on any atom is 0.316 e. The number of carbonyl (C=O) groups excluding carboxylic acids is 1. The van der Waals surface area contributed by atoms with Gasteiger partial charge >= 0.3 is 6.03 Å². The highest BCUT2D eigenvalue weighted by molar-refractivity contribution is 5.89. The van der Waals surface area contributed by atoms with Gasteiger partial charge in [-0.1, -0.05) is 18.2 Å². The van der Waals surface area contributed by atoms with Crippen molar-refractivity contribution in [1.29, 1.82) is 0 Å². The number of nitrogens with two attached hydrogens (primary N) is 1. The van der Waals surface area contributed by atoms with Crippen molar-refractivity contribution in [3.8, 4) is 11.6 Å². The fourth-order valence-corrected chi connectivity index (χ4v) is 1.48. The third-order valence-corrected chi connectivity index (χ3v) is 2.33. The number of aromatic nitrogens is 1. The maximum absolute atomic E-state index is 10.9. The molecule has 18 heavy (non-hydrogen) atoms. The predicted octanol–water partition coefficient (Wildman–Crippen LogP) is 2.67. The molecule has 0 unspecified atom stereocenters. The number of para-hydroxylation sites is 1. The summed E-state index contributed by atoms with van der Waals surface area (Å²) in [6, 6.07) is 10.3. The highest BCUT2D eigenvalue weighted by Gasteiger charge is 2.08. The molecular formula is C13H13N3O2. The minimum Gasteiger partial charge on any atom is -0.437 e. The quantitative estimate of drug-likeness (QED) is 0.870. The average molecular weight is 243 g/mol. The Morgan fingerprint density at radius 3 is 2.78 bits per heavy atom. The molecule has 0 aliphatic rings. The van der Waals surface area contributed by atoms with Crippen LogP contribution < -0.4 is 15.8 Å². The van der Waals surface area contributed by atoms with Crippen molar-refractivity contribution in [3.63, 3.8) is 0 Å². The number of primary amides is 1. The zero-order valence-electron chi connectivity index (χ0n) is 9.88. The topological polar surface area (TPSA) is 77.2 Å². The van der Waals surface area contributed by atoms with Crippen LogP contribution in [0, 0.1) is 6.92 Å². The first-order chi connectivity index (χ1) is 8.66. The van der Waals surface area contributed by atoms with Crippen molar-refractivity contribution >= 4 is 11.7 Å². The minimum absolute atomic E-state index is 0.311. The van der Waals surface area contributed by atoms with Crippen molar-refractivity contribution in [2.24, 2.45) is 5.73 Å². The van der Waals surface area contributed by atoms with Gasteiger partial charge in [0.15, 0.2) is 0 Å². The lowest BCUT2D eigenvalue weighted by molar-refractivity contribution is 0.259. The molecule has 5 nitrogen and oxygen atoms in total. The van der Waals surface area contributed by atoms with Crippen LogP contribution >= 0.6 is 0 Å². The summed E-state index contributed by atoms with van der Waals surface area (Å²) in [6.07, 6.45) is 1.58. The second kappa shape index (κ2) is 5.18.